The minimum absolute atomic E-state index is 0. The standard InChI is InChI=1S/C7H16N2.V/c1-7(2)9-5-3-8-4-6-9;/h7-8H,3-6H2,1-2H3;. The maximum atomic E-state index is 3.33. The Hall–Kier alpha value is 0.504. The summed E-state index contributed by atoms with van der Waals surface area (Å²) < 4.78 is 0. The zero-order valence-corrected chi connectivity index (χ0v) is 8.20. The van der Waals surface area contributed by atoms with Crippen LogP contribution < -0.4 is 5.32 Å². The summed E-state index contributed by atoms with van der Waals surface area (Å²) in [6.45, 7) is 9.28. The molecule has 10 heavy (non-hydrogen) atoms. The Morgan fingerprint density at radius 1 is 1.20 bits per heavy atom. The van der Waals surface area contributed by atoms with Crippen LogP contribution in [-0.4, -0.2) is 37.1 Å². The van der Waals surface area contributed by atoms with E-state index in [4.69, 9.17) is 0 Å². The molecule has 3 heteroatoms. The average Bonchev–Trinajstić information content (AvgIpc) is 1.90. The van der Waals surface area contributed by atoms with Gasteiger partial charge in [0.05, 0.1) is 0 Å². The summed E-state index contributed by atoms with van der Waals surface area (Å²) in [6, 6.07) is 0.729. The van der Waals surface area contributed by atoms with Gasteiger partial charge in [-0.25, -0.2) is 0 Å². The van der Waals surface area contributed by atoms with Crippen LogP contribution in [0.3, 0.4) is 0 Å². The first-order valence-electron chi connectivity index (χ1n) is 3.75. The topological polar surface area (TPSA) is 15.3 Å². The number of hydrogen-bond acceptors (Lipinski definition) is 2. The van der Waals surface area contributed by atoms with Gasteiger partial charge in [-0.15, -0.1) is 0 Å². The smallest absolute Gasteiger partial charge is 0.0110 e. The molecule has 1 aliphatic rings. The van der Waals surface area contributed by atoms with Gasteiger partial charge >= 0.3 is 0 Å². The minimum atomic E-state index is 0. The van der Waals surface area contributed by atoms with Crippen molar-refractivity contribution in [2.24, 2.45) is 0 Å². The third-order valence-corrected chi connectivity index (χ3v) is 1.88. The molecule has 0 bridgehead atoms. The minimum Gasteiger partial charge on any atom is -0.314 e. The van der Waals surface area contributed by atoms with E-state index in [-0.39, 0.29) is 18.6 Å². The van der Waals surface area contributed by atoms with Crippen LogP contribution >= 0.6 is 0 Å². The molecule has 0 aromatic rings. The van der Waals surface area contributed by atoms with Crippen molar-refractivity contribution >= 4 is 0 Å². The molecule has 0 aliphatic carbocycles. The Kier molecular flexibility index (Phi) is 5.46. The zero-order chi connectivity index (χ0) is 6.69. The molecule has 1 heterocycles. The molecular formula is C7H16N2V. The summed E-state index contributed by atoms with van der Waals surface area (Å²) in [4.78, 5) is 2.50. The third-order valence-electron chi connectivity index (χ3n) is 1.88. The summed E-state index contributed by atoms with van der Waals surface area (Å²) in [6.07, 6.45) is 0. The SMILES string of the molecule is CC(C)N1CCNCC1.[V]. The Bertz CT molecular complexity index is 79.7. The predicted octanol–water partition coefficient (Wildman–Crippen LogP) is 0.298. The van der Waals surface area contributed by atoms with Gasteiger partial charge in [0.25, 0.3) is 0 Å². The molecular weight excluding hydrogens is 163 g/mol. The van der Waals surface area contributed by atoms with E-state index in [0.29, 0.717) is 0 Å². The van der Waals surface area contributed by atoms with E-state index in [1.54, 1.807) is 0 Å². The first-order valence-corrected chi connectivity index (χ1v) is 3.75. The molecule has 1 rings (SSSR count). The fourth-order valence-electron chi connectivity index (χ4n) is 1.20. The van der Waals surface area contributed by atoms with E-state index >= 15 is 0 Å². The van der Waals surface area contributed by atoms with Crippen molar-refractivity contribution in [3.8, 4) is 0 Å². The maximum Gasteiger partial charge on any atom is 0.0110 e. The van der Waals surface area contributed by atoms with Crippen molar-refractivity contribution in [3.63, 3.8) is 0 Å². The molecule has 1 aliphatic heterocycles. The molecule has 0 aromatic heterocycles. The van der Waals surface area contributed by atoms with Crippen LogP contribution in [0.1, 0.15) is 13.8 Å². The second kappa shape index (κ2) is 5.19. The van der Waals surface area contributed by atoms with Gasteiger partial charge in [0, 0.05) is 50.8 Å². The van der Waals surface area contributed by atoms with Gasteiger partial charge in [-0.05, 0) is 13.8 Å². The summed E-state index contributed by atoms with van der Waals surface area (Å²) in [5.41, 5.74) is 0. The number of rotatable bonds is 1. The predicted molar refractivity (Wildman–Crippen MR) is 39.6 cm³/mol. The quantitative estimate of drug-likeness (QED) is 0.622. The van der Waals surface area contributed by atoms with Crippen LogP contribution in [0.15, 0.2) is 0 Å². The molecule has 0 aromatic carbocycles. The van der Waals surface area contributed by atoms with Crippen LogP contribution in [0.4, 0.5) is 0 Å². The van der Waals surface area contributed by atoms with Crippen molar-refractivity contribution in [3.05, 3.63) is 0 Å². The van der Waals surface area contributed by atoms with E-state index in [1.807, 2.05) is 0 Å². The molecule has 1 fully saturated rings. The number of piperazine rings is 1. The van der Waals surface area contributed by atoms with Gasteiger partial charge in [-0.3, -0.25) is 4.90 Å². The van der Waals surface area contributed by atoms with E-state index in [0.717, 1.165) is 19.1 Å². The van der Waals surface area contributed by atoms with Crippen molar-refractivity contribution in [2.75, 3.05) is 26.2 Å². The van der Waals surface area contributed by atoms with Crippen molar-refractivity contribution in [2.45, 2.75) is 19.9 Å². The molecule has 0 amide bonds. The molecule has 0 saturated carbocycles. The number of nitrogens with one attached hydrogen (secondary N) is 1. The van der Waals surface area contributed by atoms with Gasteiger partial charge in [0.15, 0.2) is 0 Å². The van der Waals surface area contributed by atoms with E-state index in [9.17, 15) is 0 Å². The second-order valence-electron chi connectivity index (χ2n) is 2.88. The Morgan fingerprint density at radius 3 is 2.00 bits per heavy atom. The Balaban J connectivity index is 0.000000810. The van der Waals surface area contributed by atoms with Crippen molar-refractivity contribution in [1.82, 2.24) is 10.2 Å². The molecule has 0 spiro atoms. The van der Waals surface area contributed by atoms with Gasteiger partial charge in [0.2, 0.25) is 0 Å². The fourth-order valence-corrected chi connectivity index (χ4v) is 1.20. The molecule has 2 nitrogen and oxygen atoms in total. The van der Waals surface area contributed by atoms with Gasteiger partial charge in [-0.1, -0.05) is 0 Å². The number of hydrogen-bond donors (Lipinski definition) is 1. The van der Waals surface area contributed by atoms with Crippen LogP contribution in [0.2, 0.25) is 0 Å². The molecule has 59 valence electrons. The van der Waals surface area contributed by atoms with E-state index in [2.05, 4.69) is 24.1 Å². The fraction of sp³-hybridized carbons (Fsp3) is 1.00. The van der Waals surface area contributed by atoms with Crippen molar-refractivity contribution < 1.29 is 18.6 Å². The maximum absolute atomic E-state index is 3.33. The van der Waals surface area contributed by atoms with Crippen LogP contribution in [0.5, 0.6) is 0 Å². The third kappa shape index (κ3) is 3.06. The largest absolute Gasteiger partial charge is 0.314 e. The summed E-state index contributed by atoms with van der Waals surface area (Å²) in [5.74, 6) is 0. The normalized spacial score (nSPS) is 20.7. The van der Waals surface area contributed by atoms with Crippen LogP contribution in [-0.2, 0) is 18.6 Å². The molecule has 1 saturated heterocycles. The molecule has 1 radical (unpaired) electrons. The Morgan fingerprint density at radius 2 is 1.70 bits per heavy atom. The molecule has 0 atom stereocenters. The van der Waals surface area contributed by atoms with Crippen LogP contribution in [0, 0.1) is 0 Å². The first kappa shape index (κ1) is 10.5. The van der Waals surface area contributed by atoms with E-state index < -0.39 is 0 Å². The van der Waals surface area contributed by atoms with Gasteiger partial charge in [0.1, 0.15) is 0 Å². The second-order valence-corrected chi connectivity index (χ2v) is 2.88. The molecule has 1 N–H and O–H groups in total. The monoisotopic (exact) mass is 179 g/mol. The van der Waals surface area contributed by atoms with Crippen molar-refractivity contribution in [1.29, 1.82) is 0 Å². The van der Waals surface area contributed by atoms with Crippen LogP contribution in [0.25, 0.3) is 0 Å². The Labute approximate surface area is 75.2 Å². The van der Waals surface area contributed by atoms with Gasteiger partial charge < -0.3 is 5.32 Å². The first-order chi connectivity index (χ1) is 4.30. The summed E-state index contributed by atoms with van der Waals surface area (Å²) in [5, 5.41) is 3.33. The van der Waals surface area contributed by atoms with E-state index in [1.165, 1.54) is 13.1 Å². The van der Waals surface area contributed by atoms with Gasteiger partial charge in [-0.2, -0.15) is 0 Å². The summed E-state index contributed by atoms with van der Waals surface area (Å²) >= 11 is 0. The molecule has 0 unspecified atom stereocenters. The number of nitrogens with zero attached hydrogens (tertiary/aromatic N) is 1. The summed E-state index contributed by atoms with van der Waals surface area (Å²) in [7, 11) is 0. The average molecular weight is 179 g/mol. The zero-order valence-electron chi connectivity index (χ0n) is 6.80.